The van der Waals surface area contributed by atoms with Gasteiger partial charge in [0.05, 0.1) is 6.61 Å². The molecule has 6 nitrogen and oxygen atoms in total. The van der Waals surface area contributed by atoms with Crippen molar-refractivity contribution in [2.45, 2.75) is 33.7 Å². The molecule has 0 aliphatic heterocycles. The number of hydrogen-bond donors (Lipinski definition) is 1. The minimum atomic E-state index is -0.125. The Balaban J connectivity index is 1.67. The molecule has 0 aliphatic rings. The van der Waals surface area contributed by atoms with Gasteiger partial charge in [-0.25, -0.2) is 4.98 Å². The Kier molecular flexibility index (Phi) is 7.32. The minimum Gasteiger partial charge on any atom is -0.494 e. The van der Waals surface area contributed by atoms with E-state index in [2.05, 4.69) is 28.7 Å². The smallest absolute Gasteiger partial charge is 0.257 e. The van der Waals surface area contributed by atoms with Gasteiger partial charge in [-0.2, -0.15) is 0 Å². The average molecular weight is 345 g/mol. The van der Waals surface area contributed by atoms with E-state index in [-0.39, 0.29) is 12.5 Å². The average Bonchev–Trinajstić information content (AvgIpc) is 3.02. The number of ether oxygens (including phenoxy) is 2. The summed E-state index contributed by atoms with van der Waals surface area (Å²) in [6, 6.07) is 7.31. The summed E-state index contributed by atoms with van der Waals surface area (Å²) in [5.41, 5.74) is 0. The monoisotopic (exact) mass is 345 g/mol. The van der Waals surface area contributed by atoms with Crippen LogP contribution in [0.1, 0.15) is 26.1 Å². The molecule has 0 spiro atoms. The van der Waals surface area contributed by atoms with Crippen molar-refractivity contribution in [3.8, 4) is 11.5 Å². The number of benzene rings is 1. The van der Waals surface area contributed by atoms with Crippen LogP contribution in [0.2, 0.25) is 0 Å². The van der Waals surface area contributed by atoms with Crippen molar-refractivity contribution in [1.29, 1.82) is 0 Å². The summed E-state index contributed by atoms with van der Waals surface area (Å²) in [5.74, 6) is 2.63. The number of hydrogen-bond acceptors (Lipinski definition) is 4. The number of imidazole rings is 1. The Bertz CT molecular complexity index is 652. The van der Waals surface area contributed by atoms with Gasteiger partial charge in [0.1, 0.15) is 17.3 Å². The highest BCUT2D eigenvalue weighted by Crippen LogP contribution is 2.17. The number of carbonyl (C=O) groups excluding carboxylic acids is 1. The molecule has 0 aliphatic carbocycles. The molecule has 1 N–H and O–H groups in total. The zero-order valence-electron chi connectivity index (χ0n) is 15.2. The fraction of sp³-hybridized carbons (Fsp3) is 0.474. The van der Waals surface area contributed by atoms with Gasteiger partial charge in [0.2, 0.25) is 0 Å². The van der Waals surface area contributed by atoms with E-state index in [1.54, 1.807) is 6.20 Å². The molecule has 0 bridgehead atoms. The Labute approximate surface area is 149 Å². The van der Waals surface area contributed by atoms with Gasteiger partial charge in [-0.15, -0.1) is 0 Å². The summed E-state index contributed by atoms with van der Waals surface area (Å²) in [6.07, 6.45) is 4.70. The van der Waals surface area contributed by atoms with E-state index in [9.17, 15) is 4.79 Å². The van der Waals surface area contributed by atoms with Crippen LogP contribution in [0.25, 0.3) is 0 Å². The second kappa shape index (κ2) is 9.71. The van der Waals surface area contributed by atoms with Crippen LogP contribution in [-0.2, 0) is 11.3 Å². The predicted molar refractivity (Wildman–Crippen MR) is 96.9 cm³/mol. The molecule has 0 radical (unpaired) electrons. The molecule has 6 heteroatoms. The summed E-state index contributed by atoms with van der Waals surface area (Å²) in [6.45, 7) is 8.25. The van der Waals surface area contributed by atoms with Gasteiger partial charge in [0.25, 0.3) is 5.91 Å². The first-order valence-corrected chi connectivity index (χ1v) is 8.68. The molecule has 1 unspecified atom stereocenters. The van der Waals surface area contributed by atoms with Crippen LogP contribution >= 0.6 is 0 Å². The fourth-order valence-corrected chi connectivity index (χ4v) is 2.34. The first kappa shape index (κ1) is 18.8. The second-order valence-corrected chi connectivity index (χ2v) is 6.14. The summed E-state index contributed by atoms with van der Waals surface area (Å²) in [7, 11) is 0. The van der Waals surface area contributed by atoms with Gasteiger partial charge in [-0.1, -0.05) is 13.8 Å². The SMILES string of the molecule is CCCOc1ccc(OCC(=O)NCC(C)Cn2ccnc2C)cc1. The largest absolute Gasteiger partial charge is 0.494 e. The number of rotatable bonds is 10. The van der Waals surface area contributed by atoms with Crippen LogP contribution in [0.15, 0.2) is 36.7 Å². The first-order chi connectivity index (χ1) is 12.1. The Hall–Kier alpha value is -2.50. The summed E-state index contributed by atoms with van der Waals surface area (Å²) >= 11 is 0. The van der Waals surface area contributed by atoms with Crippen molar-refractivity contribution in [3.63, 3.8) is 0 Å². The van der Waals surface area contributed by atoms with E-state index in [4.69, 9.17) is 9.47 Å². The summed E-state index contributed by atoms with van der Waals surface area (Å²) < 4.78 is 13.1. The lowest BCUT2D eigenvalue weighted by atomic mass is 10.2. The van der Waals surface area contributed by atoms with E-state index in [1.165, 1.54) is 0 Å². The standard InChI is InChI=1S/C19H27N3O3/c1-4-11-24-17-5-7-18(8-6-17)25-14-19(23)21-12-15(2)13-22-10-9-20-16(22)3/h5-10,15H,4,11-14H2,1-3H3,(H,21,23). The van der Waals surface area contributed by atoms with E-state index < -0.39 is 0 Å². The molecule has 25 heavy (non-hydrogen) atoms. The molecule has 1 heterocycles. The molecular weight excluding hydrogens is 318 g/mol. The molecule has 2 rings (SSSR count). The maximum atomic E-state index is 11.9. The van der Waals surface area contributed by atoms with Crippen molar-refractivity contribution >= 4 is 5.91 Å². The Morgan fingerprint density at radius 1 is 1.24 bits per heavy atom. The van der Waals surface area contributed by atoms with Crippen molar-refractivity contribution < 1.29 is 14.3 Å². The maximum Gasteiger partial charge on any atom is 0.257 e. The van der Waals surface area contributed by atoms with E-state index in [0.29, 0.717) is 24.8 Å². The highest BCUT2D eigenvalue weighted by Gasteiger charge is 2.08. The number of amides is 1. The molecule has 0 fully saturated rings. The number of nitrogens with one attached hydrogen (secondary N) is 1. The quantitative estimate of drug-likeness (QED) is 0.719. The van der Waals surface area contributed by atoms with Crippen molar-refractivity contribution in [2.24, 2.45) is 5.92 Å². The molecule has 136 valence electrons. The second-order valence-electron chi connectivity index (χ2n) is 6.14. The number of aryl methyl sites for hydroxylation is 1. The third kappa shape index (κ3) is 6.49. The number of nitrogens with zero attached hydrogens (tertiary/aromatic N) is 2. The van der Waals surface area contributed by atoms with Crippen molar-refractivity contribution in [2.75, 3.05) is 19.8 Å². The maximum absolute atomic E-state index is 11.9. The molecule has 0 saturated heterocycles. The zero-order valence-corrected chi connectivity index (χ0v) is 15.2. The highest BCUT2D eigenvalue weighted by atomic mass is 16.5. The molecule has 0 saturated carbocycles. The zero-order chi connectivity index (χ0) is 18.1. The van der Waals surface area contributed by atoms with Gasteiger partial charge in [0, 0.05) is 25.5 Å². The van der Waals surface area contributed by atoms with E-state index in [1.807, 2.05) is 37.4 Å². The molecular formula is C19H27N3O3. The summed E-state index contributed by atoms with van der Waals surface area (Å²) in [4.78, 5) is 16.1. The lowest BCUT2D eigenvalue weighted by Gasteiger charge is -2.14. The normalized spacial score (nSPS) is 11.8. The van der Waals surface area contributed by atoms with Gasteiger partial charge < -0.3 is 19.4 Å². The van der Waals surface area contributed by atoms with Crippen LogP contribution in [0.3, 0.4) is 0 Å². The first-order valence-electron chi connectivity index (χ1n) is 8.68. The van der Waals surface area contributed by atoms with Crippen LogP contribution in [0.4, 0.5) is 0 Å². The van der Waals surface area contributed by atoms with Crippen LogP contribution < -0.4 is 14.8 Å². The van der Waals surface area contributed by atoms with Crippen molar-refractivity contribution in [1.82, 2.24) is 14.9 Å². The van der Waals surface area contributed by atoms with Gasteiger partial charge >= 0.3 is 0 Å². The Morgan fingerprint density at radius 3 is 2.52 bits per heavy atom. The molecule has 1 atom stereocenters. The fourth-order valence-electron chi connectivity index (χ4n) is 2.34. The topological polar surface area (TPSA) is 65.4 Å². The lowest BCUT2D eigenvalue weighted by Crippen LogP contribution is -2.33. The third-order valence-corrected chi connectivity index (χ3v) is 3.75. The molecule has 1 amide bonds. The van der Waals surface area contributed by atoms with E-state index >= 15 is 0 Å². The number of aromatic nitrogens is 2. The van der Waals surface area contributed by atoms with Gasteiger partial charge in [0.15, 0.2) is 6.61 Å². The highest BCUT2D eigenvalue weighted by molar-refractivity contribution is 5.77. The summed E-state index contributed by atoms with van der Waals surface area (Å²) in [5, 5.41) is 2.90. The van der Waals surface area contributed by atoms with Gasteiger partial charge in [-0.3, -0.25) is 4.79 Å². The number of carbonyl (C=O) groups is 1. The molecule has 1 aromatic heterocycles. The van der Waals surface area contributed by atoms with Crippen molar-refractivity contribution in [3.05, 3.63) is 42.5 Å². The predicted octanol–water partition coefficient (Wildman–Crippen LogP) is 2.81. The van der Waals surface area contributed by atoms with Crippen LogP contribution in [0.5, 0.6) is 11.5 Å². The Morgan fingerprint density at radius 2 is 1.92 bits per heavy atom. The third-order valence-electron chi connectivity index (χ3n) is 3.75. The minimum absolute atomic E-state index is 0.00594. The lowest BCUT2D eigenvalue weighted by molar-refractivity contribution is -0.123. The van der Waals surface area contributed by atoms with Crippen LogP contribution in [0, 0.1) is 12.8 Å². The molecule has 1 aromatic carbocycles. The van der Waals surface area contributed by atoms with Gasteiger partial charge in [-0.05, 0) is 43.5 Å². The van der Waals surface area contributed by atoms with Crippen LogP contribution in [-0.4, -0.2) is 35.2 Å². The van der Waals surface area contributed by atoms with E-state index in [0.717, 1.165) is 24.5 Å². The molecule has 2 aromatic rings.